The maximum absolute atomic E-state index is 13.9. The molecule has 0 amide bonds. The van der Waals surface area contributed by atoms with E-state index in [-0.39, 0.29) is 11.9 Å². The highest BCUT2D eigenvalue weighted by molar-refractivity contribution is 5.83. The molecule has 92 valence electrons. The minimum Gasteiger partial charge on any atom is -0.456 e. The van der Waals surface area contributed by atoms with Crippen molar-refractivity contribution < 1.29 is 8.81 Å². The van der Waals surface area contributed by atoms with Gasteiger partial charge in [0.1, 0.15) is 5.76 Å². The van der Waals surface area contributed by atoms with Gasteiger partial charge in [-0.1, -0.05) is 19.1 Å². The van der Waals surface area contributed by atoms with Crippen molar-refractivity contribution in [3.05, 3.63) is 34.8 Å². The van der Waals surface area contributed by atoms with E-state index >= 15 is 0 Å². The van der Waals surface area contributed by atoms with Crippen LogP contribution in [0.5, 0.6) is 0 Å². The molecule has 0 saturated heterocycles. The van der Waals surface area contributed by atoms with Gasteiger partial charge in [-0.2, -0.15) is 0 Å². The fourth-order valence-corrected chi connectivity index (χ4v) is 2.18. The van der Waals surface area contributed by atoms with Gasteiger partial charge in [0.25, 0.3) is 0 Å². The third-order valence-electron chi connectivity index (χ3n) is 3.18. The first-order chi connectivity index (χ1) is 8.06. The highest BCUT2D eigenvalue weighted by Gasteiger charge is 2.18. The van der Waals surface area contributed by atoms with E-state index in [1.165, 1.54) is 0 Å². The molecule has 2 rings (SSSR count). The zero-order valence-electron chi connectivity index (χ0n) is 10.7. The molecule has 1 aromatic carbocycles. The summed E-state index contributed by atoms with van der Waals surface area (Å²) < 4.78 is 19.6. The minimum atomic E-state index is -0.249. The van der Waals surface area contributed by atoms with Crippen LogP contribution < -0.4 is 5.32 Å². The Kier molecular flexibility index (Phi) is 3.20. The molecule has 0 spiro atoms. The summed E-state index contributed by atoms with van der Waals surface area (Å²) in [6.45, 7) is 8.65. The van der Waals surface area contributed by atoms with Gasteiger partial charge in [-0.25, -0.2) is 4.39 Å². The zero-order chi connectivity index (χ0) is 12.6. The molecule has 0 bridgehead atoms. The third kappa shape index (κ3) is 1.95. The second-order valence-electron chi connectivity index (χ2n) is 4.44. The number of nitrogens with one attached hydrogen (secondary N) is 1. The van der Waals surface area contributed by atoms with Crippen LogP contribution in [0.1, 0.15) is 36.8 Å². The predicted octanol–water partition coefficient (Wildman–Crippen LogP) is 3.86. The topological polar surface area (TPSA) is 25.2 Å². The predicted molar refractivity (Wildman–Crippen MR) is 67.7 cm³/mol. The highest BCUT2D eigenvalue weighted by Crippen LogP contribution is 2.31. The SMILES string of the molecule is CCNC(C)c1oc2c(F)c(C)ccc2c1C. The number of rotatable bonds is 3. The molecule has 2 aromatic rings. The van der Waals surface area contributed by atoms with Crippen LogP contribution >= 0.6 is 0 Å². The Hall–Kier alpha value is -1.35. The van der Waals surface area contributed by atoms with Gasteiger partial charge < -0.3 is 9.73 Å². The van der Waals surface area contributed by atoms with E-state index in [1.54, 1.807) is 13.0 Å². The zero-order valence-corrected chi connectivity index (χ0v) is 10.7. The van der Waals surface area contributed by atoms with Crippen LogP contribution in [-0.4, -0.2) is 6.54 Å². The lowest BCUT2D eigenvalue weighted by molar-refractivity contribution is 0.446. The van der Waals surface area contributed by atoms with Crippen molar-refractivity contribution in [2.75, 3.05) is 6.54 Å². The van der Waals surface area contributed by atoms with Crippen molar-refractivity contribution in [1.82, 2.24) is 5.32 Å². The molecule has 3 heteroatoms. The molecule has 0 fully saturated rings. The van der Waals surface area contributed by atoms with Crippen LogP contribution in [0.4, 0.5) is 4.39 Å². The smallest absolute Gasteiger partial charge is 0.170 e. The Bertz CT molecular complexity index is 545. The van der Waals surface area contributed by atoms with Crippen molar-refractivity contribution in [2.45, 2.75) is 33.7 Å². The number of aryl methyl sites for hydroxylation is 2. The minimum absolute atomic E-state index is 0.104. The van der Waals surface area contributed by atoms with Crippen molar-refractivity contribution in [3.63, 3.8) is 0 Å². The summed E-state index contributed by atoms with van der Waals surface area (Å²) in [5.74, 6) is 0.576. The fraction of sp³-hybridized carbons (Fsp3) is 0.429. The van der Waals surface area contributed by atoms with Crippen molar-refractivity contribution >= 4 is 11.0 Å². The van der Waals surface area contributed by atoms with Crippen molar-refractivity contribution in [2.24, 2.45) is 0 Å². The van der Waals surface area contributed by atoms with E-state index in [0.29, 0.717) is 11.1 Å². The third-order valence-corrected chi connectivity index (χ3v) is 3.18. The van der Waals surface area contributed by atoms with Gasteiger partial charge in [-0.3, -0.25) is 0 Å². The maximum atomic E-state index is 13.9. The van der Waals surface area contributed by atoms with Crippen molar-refractivity contribution in [3.8, 4) is 0 Å². The van der Waals surface area contributed by atoms with Gasteiger partial charge in [0.05, 0.1) is 6.04 Å². The molecule has 17 heavy (non-hydrogen) atoms. The number of furan rings is 1. The van der Waals surface area contributed by atoms with E-state index in [2.05, 4.69) is 5.32 Å². The number of hydrogen-bond donors (Lipinski definition) is 1. The van der Waals surface area contributed by atoms with E-state index < -0.39 is 0 Å². The Morgan fingerprint density at radius 1 is 1.35 bits per heavy atom. The first-order valence-electron chi connectivity index (χ1n) is 5.97. The molecule has 1 heterocycles. The Labute approximate surface area is 101 Å². The lowest BCUT2D eigenvalue weighted by Gasteiger charge is -2.09. The van der Waals surface area contributed by atoms with Gasteiger partial charge in [0.15, 0.2) is 11.4 Å². The van der Waals surface area contributed by atoms with Crippen LogP contribution in [-0.2, 0) is 0 Å². The largest absolute Gasteiger partial charge is 0.456 e. The summed E-state index contributed by atoms with van der Waals surface area (Å²) in [5.41, 5.74) is 2.02. The molecular formula is C14H18FNO. The second-order valence-corrected chi connectivity index (χ2v) is 4.44. The maximum Gasteiger partial charge on any atom is 0.170 e. The van der Waals surface area contributed by atoms with E-state index in [9.17, 15) is 4.39 Å². The van der Waals surface area contributed by atoms with E-state index in [1.807, 2.05) is 26.8 Å². The Balaban J connectivity index is 2.60. The Morgan fingerprint density at radius 2 is 2.06 bits per heavy atom. The van der Waals surface area contributed by atoms with E-state index in [4.69, 9.17) is 4.42 Å². The molecule has 1 atom stereocenters. The number of hydrogen-bond acceptors (Lipinski definition) is 2. The molecule has 0 radical (unpaired) electrons. The first-order valence-corrected chi connectivity index (χ1v) is 5.97. The second kappa shape index (κ2) is 4.49. The lowest BCUT2D eigenvalue weighted by Crippen LogP contribution is -2.17. The van der Waals surface area contributed by atoms with Gasteiger partial charge in [-0.15, -0.1) is 0 Å². The first kappa shape index (κ1) is 12.1. The molecule has 1 N–H and O–H groups in total. The van der Waals surface area contributed by atoms with Crippen molar-refractivity contribution in [1.29, 1.82) is 0 Å². The molecule has 0 aliphatic carbocycles. The summed E-state index contributed by atoms with van der Waals surface area (Å²) in [5, 5.41) is 4.15. The number of fused-ring (bicyclic) bond motifs is 1. The summed E-state index contributed by atoms with van der Waals surface area (Å²) in [4.78, 5) is 0. The number of benzene rings is 1. The quantitative estimate of drug-likeness (QED) is 0.873. The number of halogens is 1. The molecule has 2 nitrogen and oxygen atoms in total. The van der Waals surface area contributed by atoms with Gasteiger partial charge in [0, 0.05) is 10.9 Å². The van der Waals surface area contributed by atoms with E-state index in [0.717, 1.165) is 23.3 Å². The van der Waals surface area contributed by atoms with Crippen LogP contribution in [0.3, 0.4) is 0 Å². The van der Waals surface area contributed by atoms with Gasteiger partial charge in [0.2, 0.25) is 0 Å². The monoisotopic (exact) mass is 235 g/mol. The molecule has 1 unspecified atom stereocenters. The summed E-state index contributed by atoms with van der Waals surface area (Å²) in [6.07, 6.45) is 0. The normalized spacial score (nSPS) is 13.2. The molecule has 1 aromatic heterocycles. The standard InChI is InChI=1S/C14H18FNO/c1-5-16-10(4)13-9(3)11-7-6-8(2)12(15)14(11)17-13/h6-7,10,16H,5H2,1-4H3. The van der Waals surface area contributed by atoms with Crippen LogP contribution in [0.2, 0.25) is 0 Å². The highest BCUT2D eigenvalue weighted by atomic mass is 19.1. The Morgan fingerprint density at radius 3 is 2.71 bits per heavy atom. The molecular weight excluding hydrogens is 217 g/mol. The van der Waals surface area contributed by atoms with Gasteiger partial charge in [-0.05, 0) is 32.9 Å². The average Bonchev–Trinajstić information content (AvgIpc) is 2.63. The molecule has 0 saturated carbocycles. The lowest BCUT2D eigenvalue weighted by atomic mass is 10.1. The average molecular weight is 235 g/mol. The van der Waals surface area contributed by atoms with Crippen LogP contribution in [0.15, 0.2) is 16.5 Å². The summed E-state index contributed by atoms with van der Waals surface area (Å²) in [6, 6.07) is 3.82. The molecule has 0 aliphatic heterocycles. The van der Waals surface area contributed by atoms with Gasteiger partial charge >= 0.3 is 0 Å². The molecule has 0 aliphatic rings. The van der Waals surface area contributed by atoms with Crippen LogP contribution in [0, 0.1) is 19.7 Å². The summed E-state index contributed by atoms with van der Waals surface area (Å²) in [7, 11) is 0. The van der Waals surface area contributed by atoms with Crippen LogP contribution in [0.25, 0.3) is 11.0 Å². The fourth-order valence-electron chi connectivity index (χ4n) is 2.18. The summed E-state index contributed by atoms with van der Waals surface area (Å²) >= 11 is 0.